The Balaban J connectivity index is 1.98. The summed E-state index contributed by atoms with van der Waals surface area (Å²) in [6.45, 7) is 2.58. The SMILES string of the molecule is C[C@H]1Cn2ncc(-n3cc(CO)cn3)c2CN1C(=O)O. The molecule has 20 heavy (non-hydrogen) atoms. The van der Waals surface area contributed by atoms with Gasteiger partial charge < -0.3 is 10.2 Å². The predicted octanol–water partition coefficient (Wildman–Crippen LogP) is 0.443. The summed E-state index contributed by atoms with van der Waals surface area (Å²) >= 11 is 0. The minimum Gasteiger partial charge on any atom is -0.465 e. The summed E-state index contributed by atoms with van der Waals surface area (Å²) in [5, 5.41) is 26.7. The standard InChI is InChI=1S/C12H15N5O3/c1-8-4-16-11(6-15(8)12(19)20)10(3-14-16)17-5-9(7-18)2-13-17/h2-3,5,8,18H,4,6-7H2,1H3,(H,19,20)/t8-/m0/s1. The molecule has 0 saturated carbocycles. The lowest BCUT2D eigenvalue weighted by molar-refractivity contribution is 0.105. The normalized spacial score (nSPS) is 18.1. The summed E-state index contributed by atoms with van der Waals surface area (Å²) in [7, 11) is 0. The Labute approximate surface area is 114 Å². The van der Waals surface area contributed by atoms with Crippen LogP contribution in [-0.2, 0) is 19.7 Å². The van der Waals surface area contributed by atoms with E-state index in [0.29, 0.717) is 12.1 Å². The van der Waals surface area contributed by atoms with Crippen LogP contribution in [0.25, 0.3) is 5.69 Å². The highest BCUT2D eigenvalue weighted by Crippen LogP contribution is 2.23. The zero-order chi connectivity index (χ0) is 14.3. The topological polar surface area (TPSA) is 96.4 Å². The Bertz CT molecular complexity index is 647. The predicted molar refractivity (Wildman–Crippen MR) is 68.3 cm³/mol. The summed E-state index contributed by atoms with van der Waals surface area (Å²) < 4.78 is 3.42. The molecule has 2 aromatic rings. The van der Waals surface area contributed by atoms with Crippen LogP contribution in [0.1, 0.15) is 18.2 Å². The second-order valence-corrected chi connectivity index (χ2v) is 4.87. The van der Waals surface area contributed by atoms with Gasteiger partial charge in [-0.1, -0.05) is 0 Å². The molecule has 0 unspecified atom stereocenters. The summed E-state index contributed by atoms with van der Waals surface area (Å²) in [5.74, 6) is 0. The van der Waals surface area contributed by atoms with E-state index in [1.54, 1.807) is 28.0 Å². The minimum absolute atomic E-state index is 0.0816. The number of nitrogens with zero attached hydrogens (tertiary/aromatic N) is 5. The summed E-state index contributed by atoms with van der Waals surface area (Å²) in [5.41, 5.74) is 2.24. The summed E-state index contributed by atoms with van der Waals surface area (Å²) in [6.07, 6.45) is 4.01. The number of fused-ring (bicyclic) bond motifs is 1. The van der Waals surface area contributed by atoms with Crippen molar-refractivity contribution in [2.75, 3.05) is 0 Å². The van der Waals surface area contributed by atoms with Gasteiger partial charge in [-0.25, -0.2) is 9.48 Å². The van der Waals surface area contributed by atoms with Gasteiger partial charge in [0.05, 0.1) is 43.8 Å². The monoisotopic (exact) mass is 277 g/mol. The molecule has 1 amide bonds. The zero-order valence-corrected chi connectivity index (χ0v) is 11.0. The fourth-order valence-electron chi connectivity index (χ4n) is 2.41. The Kier molecular flexibility index (Phi) is 2.94. The zero-order valence-electron chi connectivity index (χ0n) is 11.0. The van der Waals surface area contributed by atoms with Crippen LogP contribution in [0.5, 0.6) is 0 Å². The van der Waals surface area contributed by atoms with Crippen molar-refractivity contribution < 1.29 is 15.0 Å². The maximum atomic E-state index is 11.2. The molecule has 8 nitrogen and oxygen atoms in total. The van der Waals surface area contributed by atoms with Gasteiger partial charge in [0.1, 0.15) is 5.69 Å². The van der Waals surface area contributed by atoms with Crippen LogP contribution >= 0.6 is 0 Å². The van der Waals surface area contributed by atoms with Crippen LogP contribution in [0.2, 0.25) is 0 Å². The van der Waals surface area contributed by atoms with E-state index in [4.69, 9.17) is 5.11 Å². The van der Waals surface area contributed by atoms with E-state index in [-0.39, 0.29) is 19.2 Å². The van der Waals surface area contributed by atoms with Crippen molar-refractivity contribution >= 4 is 6.09 Å². The molecule has 0 fully saturated rings. The molecule has 2 N–H and O–H groups in total. The Hall–Kier alpha value is -2.35. The number of carbonyl (C=O) groups is 1. The van der Waals surface area contributed by atoms with Crippen molar-refractivity contribution in [3.05, 3.63) is 29.8 Å². The second-order valence-electron chi connectivity index (χ2n) is 4.87. The summed E-state index contributed by atoms with van der Waals surface area (Å²) in [4.78, 5) is 12.6. The van der Waals surface area contributed by atoms with Gasteiger partial charge in [0.2, 0.25) is 0 Å². The van der Waals surface area contributed by atoms with Crippen LogP contribution < -0.4 is 0 Å². The highest BCUT2D eigenvalue weighted by Gasteiger charge is 2.29. The van der Waals surface area contributed by atoms with E-state index >= 15 is 0 Å². The second kappa shape index (κ2) is 4.64. The smallest absolute Gasteiger partial charge is 0.407 e. The fourth-order valence-corrected chi connectivity index (χ4v) is 2.41. The van der Waals surface area contributed by atoms with Crippen molar-refractivity contribution in [3.8, 4) is 5.69 Å². The van der Waals surface area contributed by atoms with Crippen molar-refractivity contribution in [1.29, 1.82) is 0 Å². The molecule has 0 spiro atoms. The van der Waals surface area contributed by atoms with Gasteiger partial charge in [0.15, 0.2) is 0 Å². The average molecular weight is 277 g/mol. The Morgan fingerprint density at radius 2 is 2.25 bits per heavy atom. The van der Waals surface area contributed by atoms with E-state index in [2.05, 4.69) is 10.2 Å². The molecule has 8 heteroatoms. The van der Waals surface area contributed by atoms with Gasteiger partial charge in [-0.3, -0.25) is 9.58 Å². The molecule has 106 valence electrons. The number of rotatable bonds is 2. The van der Waals surface area contributed by atoms with Gasteiger partial charge in [-0.15, -0.1) is 0 Å². The van der Waals surface area contributed by atoms with Crippen molar-refractivity contribution in [3.63, 3.8) is 0 Å². The number of aliphatic hydroxyl groups is 1. The number of carboxylic acid groups (broad SMARTS) is 1. The third-order valence-electron chi connectivity index (χ3n) is 3.53. The lowest BCUT2D eigenvalue weighted by Crippen LogP contribution is -2.44. The first kappa shape index (κ1) is 12.7. The lowest BCUT2D eigenvalue weighted by Gasteiger charge is -2.31. The van der Waals surface area contributed by atoms with Crippen LogP contribution in [0.3, 0.4) is 0 Å². The van der Waals surface area contributed by atoms with Crippen molar-refractivity contribution in [1.82, 2.24) is 24.5 Å². The summed E-state index contributed by atoms with van der Waals surface area (Å²) in [6, 6.07) is -0.113. The highest BCUT2D eigenvalue weighted by atomic mass is 16.4. The van der Waals surface area contributed by atoms with Gasteiger partial charge in [-0.2, -0.15) is 10.2 Å². The van der Waals surface area contributed by atoms with E-state index in [9.17, 15) is 9.90 Å². The molecule has 3 heterocycles. The third-order valence-corrected chi connectivity index (χ3v) is 3.53. The van der Waals surface area contributed by atoms with E-state index < -0.39 is 6.09 Å². The van der Waals surface area contributed by atoms with Gasteiger partial charge in [-0.05, 0) is 6.92 Å². The molecule has 1 atom stereocenters. The Morgan fingerprint density at radius 1 is 1.45 bits per heavy atom. The molecule has 0 aromatic carbocycles. The quantitative estimate of drug-likeness (QED) is 0.830. The first-order valence-electron chi connectivity index (χ1n) is 6.29. The van der Waals surface area contributed by atoms with Crippen LogP contribution in [0.15, 0.2) is 18.6 Å². The van der Waals surface area contributed by atoms with Crippen LogP contribution in [-0.4, -0.2) is 46.8 Å². The van der Waals surface area contributed by atoms with E-state index in [1.165, 1.54) is 4.90 Å². The largest absolute Gasteiger partial charge is 0.465 e. The van der Waals surface area contributed by atoms with Crippen molar-refractivity contribution in [2.45, 2.75) is 32.7 Å². The fraction of sp³-hybridized carbons (Fsp3) is 0.417. The number of hydrogen-bond acceptors (Lipinski definition) is 4. The number of hydrogen-bond donors (Lipinski definition) is 2. The molecule has 0 bridgehead atoms. The average Bonchev–Trinajstić information content (AvgIpc) is 3.02. The molecular formula is C12H15N5O3. The molecule has 1 aliphatic heterocycles. The number of aliphatic hydroxyl groups excluding tert-OH is 1. The maximum absolute atomic E-state index is 11.2. The number of amides is 1. The minimum atomic E-state index is -0.938. The number of aromatic nitrogens is 4. The van der Waals surface area contributed by atoms with Gasteiger partial charge >= 0.3 is 6.09 Å². The van der Waals surface area contributed by atoms with Gasteiger partial charge in [0, 0.05) is 11.8 Å². The first-order valence-corrected chi connectivity index (χ1v) is 6.29. The first-order chi connectivity index (χ1) is 9.60. The van der Waals surface area contributed by atoms with Gasteiger partial charge in [0.25, 0.3) is 0 Å². The maximum Gasteiger partial charge on any atom is 0.407 e. The van der Waals surface area contributed by atoms with E-state index in [0.717, 1.165) is 11.4 Å². The van der Waals surface area contributed by atoms with Crippen LogP contribution in [0.4, 0.5) is 4.79 Å². The van der Waals surface area contributed by atoms with Crippen molar-refractivity contribution in [2.24, 2.45) is 0 Å². The molecule has 0 radical (unpaired) electrons. The third kappa shape index (κ3) is 1.94. The molecule has 3 rings (SSSR count). The van der Waals surface area contributed by atoms with Crippen LogP contribution in [0, 0.1) is 0 Å². The molecule has 0 saturated heterocycles. The molecular weight excluding hydrogens is 262 g/mol. The Morgan fingerprint density at radius 3 is 2.90 bits per heavy atom. The lowest BCUT2D eigenvalue weighted by atomic mass is 10.2. The molecule has 0 aliphatic carbocycles. The molecule has 1 aliphatic rings. The molecule has 2 aromatic heterocycles. The highest BCUT2D eigenvalue weighted by molar-refractivity contribution is 5.65. The van der Waals surface area contributed by atoms with E-state index in [1.807, 2.05) is 6.92 Å².